The van der Waals surface area contributed by atoms with Gasteiger partial charge in [-0.2, -0.15) is 5.10 Å². The van der Waals surface area contributed by atoms with Crippen LogP contribution in [0.25, 0.3) is 10.9 Å². The van der Waals surface area contributed by atoms with E-state index in [2.05, 4.69) is 10.2 Å². The van der Waals surface area contributed by atoms with Gasteiger partial charge in [0, 0.05) is 23.2 Å². The first-order valence-corrected chi connectivity index (χ1v) is 14.3. The molecule has 1 fully saturated rings. The number of benzene rings is 3. The summed E-state index contributed by atoms with van der Waals surface area (Å²) in [5.74, 6) is -2.53. The molecule has 1 aromatic heterocycles. The molecule has 4 aromatic rings. The number of methoxy groups -OCH3 is 1. The maximum Gasteiger partial charge on any atom is 0.339 e. The van der Waals surface area contributed by atoms with Crippen LogP contribution in [-0.2, 0) is 4.79 Å². The van der Waals surface area contributed by atoms with E-state index in [9.17, 15) is 14.7 Å². The Hall–Kier alpha value is -4.02. The maximum absolute atomic E-state index is 15.8. The van der Waals surface area contributed by atoms with Crippen molar-refractivity contribution in [3.63, 3.8) is 0 Å². The Morgan fingerprint density at radius 3 is 2.76 bits per heavy atom. The molecular weight excluding hydrogens is 586 g/mol. The molecule has 0 saturated heterocycles. The molecule has 3 aromatic carbocycles. The summed E-state index contributed by atoms with van der Waals surface area (Å²) in [5.41, 5.74) is 1.77. The number of anilines is 2. The van der Waals surface area contributed by atoms with E-state index in [0.717, 1.165) is 18.5 Å². The predicted molar refractivity (Wildman–Crippen MR) is 156 cm³/mol. The van der Waals surface area contributed by atoms with Gasteiger partial charge in [-0.25, -0.2) is 13.9 Å². The normalized spacial score (nSPS) is 21.4. The third-order valence-corrected chi connectivity index (χ3v) is 8.82. The molecule has 42 heavy (non-hydrogen) atoms. The minimum absolute atomic E-state index is 0.0551. The van der Waals surface area contributed by atoms with Crippen LogP contribution in [0.5, 0.6) is 11.6 Å². The van der Waals surface area contributed by atoms with Gasteiger partial charge >= 0.3 is 5.97 Å². The number of halogens is 3. The molecule has 0 unspecified atom stereocenters. The van der Waals surface area contributed by atoms with Gasteiger partial charge in [0.1, 0.15) is 29.3 Å². The zero-order chi connectivity index (χ0) is 29.3. The minimum Gasteiger partial charge on any atom is -0.496 e. The van der Waals surface area contributed by atoms with E-state index in [1.165, 1.54) is 25.3 Å². The van der Waals surface area contributed by atoms with E-state index in [0.29, 0.717) is 40.0 Å². The fraction of sp³-hybridized carbons (Fsp3) is 0.300. The fourth-order valence-corrected chi connectivity index (χ4v) is 6.51. The van der Waals surface area contributed by atoms with E-state index < -0.39 is 35.7 Å². The lowest BCUT2D eigenvalue weighted by molar-refractivity contribution is -0.119. The lowest BCUT2D eigenvalue weighted by Gasteiger charge is -2.46. The van der Waals surface area contributed by atoms with Crippen LogP contribution in [-0.4, -0.2) is 53.1 Å². The Bertz CT molecular complexity index is 1770. The number of nitrogens with zero attached hydrogens (tertiary/aromatic N) is 3. The van der Waals surface area contributed by atoms with Gasteiger partial charge in [-0.3, -0.25) is 4.79 Å². The number of rotatable bonds is 5. The molecule has 0 radical (unpaired) electrons. The van der Waals surface area contributed by atoms with E-state index in [1.807, 2.05) is 6.07 Å². The van der Waals surface area contributed by atoms with E-state index in [4.69, 9.17) is 37.8 Å². The highest BCUT2D eigenvalue weighted by Gasteiger charge is 2.48. The van der Waals surface area contributed by atoms with Gasteiger partial charge < -0.3 is 24.8 Å². The first kappa shape index (κ1) is 26.9. The number of carbonyl (C=O) groups excluding carboxylic acids is 1. The summed E-state index contributed by atoms with van der Waals surface area (Å²) in [5, 5.41) is 18.4. The van der Waals surface area contributed by atoms with Gasteiger partial charge in [-0.05, 0) is 49.1 Å². The van der Waals surface area contributed by atoms with Gasteiger partial charge in [0.05, 0.1) is 46.9 Å². The summed E-state index contributed by atoms with van der Waals surface area (Å²) in [6.45, 7) is 0.827. The number of ether oxygens (including phenoxy) is 2. The Balaban J connectivity index is 1.49. The van der Waals surface area contributed by atoms with Crippen molar-refractivity contribution >= 4 is 57.4 Å². The lowest BCUT2D eigenvalue weighted by atomic mass is 9.83. The molecule has 2 N–H and O–H groups in total. The highest BCUT2D eigenvalue weighted by atomic mass is 35.5. The number of aromatic nitrogens is 2. The number of fused-ring (bicyclic) bond motifs is 6. The molecule has 12 heteroatoms. The number of amides is 1. The van der Waals surface area contributed by atoms with Gasteiger partial charge in [-0.15, -0.1) is 0 Å². The van der Waals surface area contributed by atoms with Crippen LogP contribution in [0.15, 0.2) is 48.5 Å². The van der Waals surface area contributed by atoms with Crippen LogP contribution in [0.4, 0.5) is 15.8 Å². The number of carboxylic acid groups (broad SMARTS) is 1. The standard InChI is InChI=1S/C30H25Cl2FN4O5/c1-41-24-11-20-17(10-18(24)30(39)40)29-37(35-20)27-23(13-42-29)36(12-14-5-6-14)22-8-7-15(31)9-21(22)34-28(38)25(27)16-3-2-4-19(32)26(16)33/h2-4,7-11,14,23,25,27H,5-6,12-13H2,1H3,(H,34,38)(H,39,40)/t23-,25-,27+/m1/s1. The van der Waals surface area contributed by atoms with Crippen LogP contribution >= 0.6 is 23.2 Å². The highest BCUT2D eigenvalue weighted by molar-refractivity contribution is 6.31. The molecule has 0 bridgehead atoms. The smallest absolute Gasteiger partial charge is 0.339 e. The van der Waals surface area contributed by atoms with Gasteiger partial charge in [-0.1, -0.05) is 35.3 Å². The van der Waals surface area contributed by atoms with Crippen LogP contribution in [0.2, 0.25) is 10.0 Å². The van der Waals surface area contributed by atoms with Crippen molar-refractivity contribution in [3.8, 4) is 11.6 Å². The van der Waals surface area contributed by atoms with Crippen molar-refractivity contribution in [3.05, 3.63) is 75.5 Å². The predicted octanol–water partition coefficient (Wildman–Crippen LogP) is 6.14. The summed E-state index contributed by atoms with van der Waals surface area (Å²) in [4.78, 5) is 28.4. The number of aromatic carboxylic acids is 1. The van der Waals surface area contributed by atoms with Crippen molar-refractivity contribution in [2.45, 2.75) is 30.8 Å². The summed E-state index contributed by atoms with van der Waals surface area (Å²) in [6.07, 6.45) is 2.15. The van der Waals surface area contributed by atoms with Crippen molar-refractivity contribution in [2.75, 3.05) is 30.5 Å². The molecule has 1 aliphatic carbocycles. The quantitative estimate of drug-likeness (QED) is 0.279. The Labute approximate surface area is 249 Å². The van der Waals surface area contributed by atoms with E-state index in [-0.39, 0.29) is 28.5 Å². The molecule has 7 rings (SSSR count). The van der Waals surface area contributed by atoms with Crippen LogP contribution in [0.1, 0.15) is 40.7 Å². The van der Waals surface area contributed by atoms with Crippen molar-refractivity contribution in [1.82, 2.24) is 9.78 Å². The summed E-state index contributed by atoms with van der Waals surface area (Å²) in [7, 11) is 1.38. The molecule has 9 nitrogen and oxygen atoms in total. The second-order valence-electron chi connectivity index (χ2n) is 10.9. The fourth-order valence-electron chi connectivity index (χ4n) is 6.15. The first-order valence-electron chi connectivity index (χ1n) is 13.5. The molecule has 3 atom stereocenters. The molecule has 2 aliphatic heterocycles. The number of hydrogen-bond donors (Lipinski definition) is 2. The number of carboxylic acids is 1. The molecule has 3 aliphatic rings. The third kappa shape index (κ3) is 4.32. The molecule has 3 heterocycles. The topological polar surface area (TPSA) is 106 Å². The Morgan fingerprint density at radius 2 is 2.02 bits per heavy atom. The van der Waals surface area contributed by atoms with E-state index >= 15 is 4.39 Å². The maximum atomic E-state index is 15.8. The average Bonchev–Trinajstić information content (AvgIpc) is 3.71. The summed E-state index contributed by atoms with van der Waals surface area (Å²) < 4.78 is 29.0. The second kappa shape index (κ2) is 10.1. The summed E-state index contributed by atoms with van der Waals surface area (Å²) in [6, 6.07) is 11.7. The highest BCUT2D eigenvalue weighted by Crippen LogP contribution is 2.49. The molecule has 1 amide bonds. The number of hydrogen-bond acceptors (Lipinski definition) is 6. The zero-order valence-electron chi connectivity index (χ0n) is 22.3. The van der Waals surface area contributed by atoms with Gasteiger partial charge in [0.2, 0.25) is 11.8 Å². The van der Waals surface area contributed by atoms with E-state index in [1.54, 1.807) is 28.9 Å². The Morgan fingerprint density at radius 1 is 1.21 bits per heavy atom. The molecule has 0 spiro atoms. The molecule has 1 saturated carbocycles. The lowest BCUT2D eigenvalue weighted by Crippen LogP contribution is -2.54. The third-order valence-electron chi connectivity index (χ3n) is 8.29. The van der Waals surface area contributed by atoms with Crippen LogP contribution < -0.4 is 19.7 Å². The monoisotopic (exact) mass is 610 g/mol. The van der Waals surface area contributed by atoms with Crippen LogP contribution in [0, 0.1) is 11.7 Å². The van der Waals surface area contributed by atoms with Gasteiger partial charge in [0.15, 0.2) is 0 Å². The van der Waals surface area contributed by atoms with Crippen LogP contribution in [0.3, 0.4) is 0 Å². The minimum atomic E-state index is -1.17. The first-order chi connectivity index (χ1) is 20.2. The largest absolute Gasteiger partial charge is 0.496 e. The van der Waals surface area contributed by atoms with Gasteiger partial charge in [0.25, 0.3) is 0 Å². The number of carbonyl (C=O) groups is 2. The average molecular weight is 611 g/mol. The summed E-state index contributed by atoms with van der Waals surface area (Å²) >= 11 is 12.6. The van der Waals surface area contributed by atoms with Crippen molar-refractivity contribution < 1.29 is 28.6 Å². The number of nitrogens with one attached hydrogen (secondary N) is 1. The van der Waals surface area contributed by atoms with Crippen molar-refractivity contribution in [2.24, 2.45) is 5.92 Å². The van der Waals surface area contributed by atoms with Crippen molar-refractivity contribution in [1.29, 1.82) is 0 Å². The molecule has 216 valence electrons. The SMILES string of the molecule is COc1cc2nn3c(c2cc1C(=O)O)OC[C@@H]1[C@H]3[C@@H](c2cccc(Cl)c2F)C(=O)Nc2cc(Cl)ccc2N1CC1CC1. The zero-order valence-corrected chi connectivity index (χ0v) is 23.8. The second-order valence-corrected chi connectivity index (χ2v) is 11.7. The molecular formula is C30H25Cl2FN4O5. The Kier molecular flexibility index (Phi) is 6.43.